The molecule has 34 heavy (non-hydrogen) atoms. The Morgan fingerprint density at radius 3 is 2.71 bits per heavy atom. The summed E-state index contributed by atoms with van der Waals surface area (Å²) in [6.45, 7) is 6.24. The number of aromatic hydroxyl groups is 1. The summed E-state index contributed by atoms with van der Waals surface area (Å²) in [6.07, 6.45) is -3.99. The van der Waals surface area contributed by atoms with Crippen LogP contribution in [0.25, 0.3) is 22.6 Å². The lowest BCUT2D eigenvalue weighted by atomic mass is 10.0. The summed E-state index contributed by atoms with van der Waals surface area (Å²) in [5.41, 5.74) is 1.24. The van der Waals surface area contributed by atoms with Gasteiger partial charge in [0, 0.05) is 31.2 Å². The van der Waals surface area contributed by atoms with Crippen LogP contribution < -0.4 is 15.0 Å². The van der Waals surface area contributed by atoms with Gasteiger partial charge in [-0.25, -0.2) is 14.8 Å². The smallest absolute Gasteiger partial charge is 0.491 e. The third kappa shape index (κ3) is 5.07. The standard InChI is InChI=1S/C20H20F3N7O3S/c1-10(2)13-8-30(4-3-24-13)19-25-7-12(27-28-19)16-14(31)5-11(17-26-9-34-29-17)6-15(16)33-18(32)20(21,22)23/h5-7,9-10,13,24,31H,3-4,8H2,1-2H3/t13-/m1/s1. The van der Waals surface area contributed by atoms with E-state index in [1.807, 2.05) is 4.90 Å². The Hall–Kier alpha value is -3.39. The van der Waals surface area contributed by atoms with Crippen LogP contribution in [0.4, 0.5) is 19.1 Å². The van der Waals surface area contributed by atoms with Crippen molar-refractivity contribution in [2.24, 2.45) is 5.92 Å². The van der Waals surface area contributed by atoms with Crippen LogP contribution >= 0.6 is 11.5 Å². The molecule has 1 aliphatic rings. The van der Waals surface area contributed by atoms with Crippen LogP contribution in [0.5, 0.6) is 11.5 Å². The molecule has 0 saturated carbocycles. The lowest BCUT2D eigenvalue weighted by Crippen LogP contribution is -2.53. The van der Waals surface area contributed by atoms with Gasteiger partial charge in [0.25, 0.3) is 0 Å². The minimum atomic E-state index is -5.25. The number of esters is 1. The lowest BCUT2D eigenvalue weighted by Gasteiger charge is -2.35. The SMILES string of the molecule is CC(C)[C@H]1CN(c2ncc(-c3c(O)cc(-c4ncsn4)cc3OC(=O)C(F)(F)F)nn2)CCN1. The third-order valence-corrected chi connectivity index (χ3v) is 5.71. The summed E-state index contributed by atoms with van der Waals surface area (Å²) in [5.74, 6) is -2.64. The van der Waals surface area contributed by atoms with Crippen molar-refractivity contribution in [1.82, 2.24) is 29.9 Å². The van der Waals surface area contributed by atoms with Gasteiger partial charge < -0.3 is 20.1 Å². The molecule has 14 heteroatoms. The molecule has 0 unspecified atom stereocenters. The fraction of sp³-hybridized carbons (Fsp3) is 0.400. The van der Waals surface area contributed by atoms with Crippen molar-refractivity contribution in [3.8, 4) is 34.1 Å². The van der Waals surface area contributed by atoms with E-state index >= 15 is 0 Å². The minimum Gasteiger partial charge on any atom is -0.507 e. The van der Waals surface area contributed by atoms with Gasteiger partial charge in [0.2, 0.25) is 5.95 Å². The molecule has 1 atom stereocenters. The first kappa shape index (κ1) is 23.8. The monoisotopic (exact) mass is 495 g/mol. The summed E-state index contributed by atoms with van der Waals surface area (Å²) in [7, 11) is 0. The predicted molar refractivity (Wildman–Crippen MR) is 116 cm³/mol. The molecule has 1 aliphatic heterocycles. The van der Waals surface area contributed by atoms with E-state index in [0.29, 0.717) is 25.0 Å². The largest absolute Gasteiger partial charge is 0.507 e. The molecule has 180 valence electrons. The molecule has 0 aliphatic carbocycles. The fourth-order valence-corrected chi connectivity index (χ4v) is 3.90. The number of phenols is 1. The zero-order valence-electron chi connectivity index (χ0n) is 18.1. The van der Waals surface area contributed by atoms with E-state index in [4.69, 9.17) is 0 Å². The van der Waals surface area contributed by atoms with Crippen LogP contribution in [0.15, 0.2) is 23.8 Å². The van der Waals surface area contributed by atoms with Gasteiger partial charge in [-0.05, 0) is 29.6 Å². The number of nitrogens with zero attached hydrogens (tertiary/aromatic N) is 6. The number of phenolic OH excluding ortho intramolecular Hbond substituents is 1. The van der Waals surface area contributed by atoms with Crippen molar-refractivity contribution in [3.63, 3.8) is 0 Å². The normalized spacial score (nSPS) is 16.6. The zero-order valence-corrected chi connectivity index (χ0v) is 18.9. The van der Waals surface area contributed by atoms with E-state index < -0.39 is 23.6 Å². The topological polar surface area (TPSA) is 126 Å². The number of anilines is 1. The van der Waals surface area contributed by atoms with Crippen molar-refractivity contribution < 1.29 is 27.8 Å². The molecule has 3 aromatic rings. The first-order valence-corrected chi connectivity index (χ1v) is 11.1. The summed E-state index contributed by atoms with van der Waals surface area (Å²) < 4.78 is 47.2. The molecule has 1 saturated heterocycles. The summed E-state index contributed by atoms with van der Waals surface area (Å²) in [4.78, 5) is 21.7. The van der Waals surface area contributed by atoms with E-state index in [1.165, 1.54) is 17.8 Å². The molecule has 10 nitrogen and oxygen atoms in total. The van der Waals surface area contributed by atoms with Gasteiger partial charge in [-0.3, -0.25) is 0 Å². The molecule has 4 rings (SSSR count). The van der Waals surface area contributed by atoms with Gasteiger partial charge in [0.1, 0.15) is 22.7 Å². The lowest BCUT2D eigenvalue weighted by molar-refractivity contribution is -0.189. The van der Waals surface area contributed by atoms with Crippen molar-refractivity contribution in [2.45, 2.75) is 26.1 Å². The fourth-order valence-electron chi connectivity index (χ4n) is 3.46. The number of alkyl halides is 3. The Balaban J connectivity index is 1.69. The maximum absolute atomic E-state index is 12.9. The first-order chi connectivity index (χ1) is 16.1. The summed E-state index contributed by atoms with van der Waals surface area (Å²) >= 11 is 1.01. The number of carbonyl (C=O) groups excluding carboxylic acids is 1. The number of piperazine rings is 1. The predicted octanol–water partition coefficient (Wildman–Crippen LogP) is 2.66. The van der Waals surface area contributed by atoms with Gasteiger partial charge >= 0.3 is 12.1 Å². The van der Waals surface area contributed by atoms with E-state index in [1.54, 1.807) is 0 Å². The number of ether oxygens (including phenoxy) is 1. The molecule has 0 amide bonds. The number of hydrogen-bond donors (Lipinski definition) is 2. The Morgan fingerprint density at radius 1 is 1.29 bits per heavy atom. The Bertz CT molecular complexity index is 1160. The summed E-state index contributed by atoms with van der Waals surface area (Å²) in [5, 5.41) is 22.2. The Morgan fingerprint density at radius 2 is 2.09 bits per heavy atom. The molecular weight excluding hydrogens is 475 g/mol. The maximum Gasteiger partial charge on any atom is 0.491 e. The average Bonchev–Trinajstić information content (AvgIpc) is 3.33. The molecule has 0 radical (unpaired) electrons. The second-order valence-corrected chi connectivity index (χ2v) is 8.51. The molecule has 0 spiro atoms. The number of carbonyl (C=O) groups is 1. The van der Waals surface area contributed by atoms with Crippen LogP contribution in [-0.2, 0) is 4.79 Å². The number of halogens is 3. The number of benzene rings is 1. The molecule has 0 bridgehead atoms. The van der Waals surface area contributed by atoms with Gasteiger partial charge in [-0.15, -0.1) is 10.2 Å². The van der Waals surface area contributed by atoms with E-state index in [-0.39, 0.29) is 28.7 Å². The van der Waals surface area contributed by atoms with Gasteiger partial charge in [0.15, 0.2) is 5.82 Å². The van der Waals surface area contributed by atoms with Crippen LogP contribution in [0, 0.1) is 5.92 Å². The Kier molecular flexibility index (Phi) is 6.61. The zero-order chi connectivity index (χ0) is 24.5. The van der Waals surface area contributed by atoms with Gasteiger partial charge in [-0.2, -0.15) is 17.5 Å². The highest BCUT2D eigenvalue weighted by atomic mass is 32.1. The Labute approximate surface area is 196 Å². The molecular formula is C20H20F3N7O3S. The minimum absolute atomic E-state index is 0.0699. The molecule has 3 heterocycles. The highest BCUT2D eigenvalue weighted by molar-refractivity contribution is 7.03. The highest BCUT2D eigenvalue weighted by Crippen LogP contribution is 2.41. The van der Waals surface area contributed by atoms with Crippen LogP contribution in [0.1, 0.15) is 13.8 Å². The first-order valence-electron chi connectivity index (χ1n) is 10.2. The molecule has 2 aromatic heterocycles. The third-order valence-electron chi connectivity index (χ3n) is 5.23. The quantitative estimate of drug-likeness (QED) is 0.403. The van der Waals surface area contributed by atoms with E-state index in [2.05, 4.69) is 48.4 Å². The van der Waals surface area contributed by atoms with Crippen LogP contribution in [0.2, 0.25) is 0 Å². The number of nitrogens with one attached hydrogen (secondary N) is 1. The highest BCUT2D eigenvalue weighted by Gasteiger charge is 2.42. The molecule has 1 aromatic carbocycles. The number of hydrogen-bond acceptors (Lipinski definition) is 11. The second-order valence-electron chi connectivity index (χ2n) is 7.90. The van der Waals surface area contributed by atoms with E-state index in [9.17, 15) is 23.1 Å². The molecule has 2 N–H and O–H groups in total. The average molecular weight is 495 g/mol. The van der Waals surface area contributed by atoms with Gasteiger partial charge in [-0.1, -0.05) is 13.8 Å². The second kappa shape index (κ2) is 9.46. The van der Waals surface area contributed by atoms with Gasteiger partial charge in [0.05, 0.1) is 11.8 Å². The van der Waals surface area contributed by atoms with Crippen molar-refractivity contribution >= 4 is 23.5 Å². The molecule has 1 fully saturated rings. The van der Waals surface area contributed by atoms with Crippen molar-refractivity contribution in [1.29, 1.82) is 0 Å². The maximum atomic E-state index is 12.9. The van der Waals surface area contributed by atoms with Crippen molar-refractivity contribution in [3.05, 3.63) is 23.8 Å². The van der Waals surface area contributed by atoms with Crippen LogP contribution in [-0.4, -0.2) is 67.5 Å². The number of aromatic nitrogens is 5. The van der Waals surface area contributed by atoms with Crippen molar-refractivity contribution in [2.75, 3.05) is 24.5 Å². The van der Waals surface area contributed by atoms with E-state index in [0.717, 1.165) is 24.1 Å². The number of rotatable bonds is 5. The van der Waals surface area contributed by atoms with Crippen LogP contribution in [0.3, 0.4) is 0 Å². The summed E-state index contributed by atoms with van der Waals surface area (Å²) in [6, 6.07) is 2.60.